The molecule has 0 amide bonds. The number of esters is 1. The molecule has 4 aliphatic rings. The number of terminal acetylenes is 1. The van der Waals surface area contributed by atoms with Crippen LogP contribution in [0.25, 0.3) is 0 Å². The highest BCUT2D eigenvalue weighted by molar-refractivity contribution is 5.91. The largest absolute Gasteiger partial charge is 0.445 e. The topological polar surface area (TPSA) is 43.4 Å². The number of ketones is 1. The number of hydrogen-bond donors (Lipinski definition) is 0. The molecular weight excluding hydrogens is 444 g/mol. The van der Waals surface area contributed by atoms with Crippen LogP contribution < -0.4 is 0 Å². The molecule has 0 aromatic carbocycles. The molecule has 0 heterocycles. The zero-order valence-electron chi connectivity index (χ0n) is 23.1. The SMILES string of the molecule is C#CC1(OC(=O)CCCCCCCCCCC)CCC2C3CCC4=CC(=O)CCC4C3CCC21CC. The van der Waals surface area contributed by atoms with Crippen LogP contribution in [0.3, 0.4) is 0 Å². The Hall–Kier alpha value is -1.56. The van der Waals surface area contributed by atoms with Crippen molar-refractivity contribution in [2.75, 3.05) is 0 Å². The molecule has 0 aromatic rings. The average Bonchev–Trinajstić information content (AvgIpc) is 3.22. The number of carbonyl (C=O) groups is 2. The summed E-state index contributed by atoms with van der Waals surface area (Å²) in [6, 6.07) is 0. The summed E-state index contributed by atoms with van der Waals surface area (Å²) >= 11 is 0. The molecular formula is C33H50O3. The molecule has 0 radical (unpaired) electrons. The van der Waals surface area contributed by atoms with Crippen molar-refractivity contribution >= 4 is 11.8 Å². The van der Waals surface area contributed by atoms with Crippen LogP contribution in [0.2, 0.25) is 0 Å². The van der Waals surface area contributed by atoms with E-state index in [1.807, 2.05) is 6.08 Å². The van der Waals surface area contributed by atoms with Gasteiger partial charge in [0.25, 0.3) is 0 Å². The molecule has 3 heteroatoms. The molecule has 0 spiro atoms. The van der Waals surface area contributed by atoms with Gasteiger partial charge in [0.05, 0.1) is 0 Å². The first-order valence-corrected chi connectivity index (χ1v) is 15.4. The van der Waals surface area contributed by atoms with Gasteiger partial charge in [-0.15, -0.1) is 6.42 Å². The quantitative estimate of drug-likeness (QED) is 0.155. The lowest BCUT2D eigenvalue weighted by Gasteiger charge is -2.56. The maximum atomic E-state index is 13.0. The molecule has 6 unspecified atom stereocenters. The highest BCUT2D eigenvalue weighted by Gasteiger charge is 2.65. The minimum atomic E-state index is -0.730. The second kappa shape index (κ2) is 12.3. The summed E-state index contributed by atoms with van der Waals surface area (Å²) in [5.74, 6) is 5.80. The molecule has 36 heavy (non-hydrogen) atoms. The molecule has 4 rings (SSSR count). The standard InChI is InChI=1S/C33H50O3/c1-4-7-8-9-10-11-12-13-14-15-31(35)36-33(6-3)23-21-30-29-18-16-25-24-26(34)17-19-27(25)28(29)20-22-32(30,33)5-2/h3,24,27-30H,4-5,7-23H2,1-2H3. The Balaban J connectivity index is 1.33. The van der Waals surface area contributed by atoms with Gasteiger partial charge < -0.3 is 4.74 Å². The third kappa shape index (κ3) is 5.35. The van der Waals surface area contributed by atoms with Crippen molar-refractivity contribution in [3.05, 3.63) is 11.6 Å². The Labute approximate surface area is 220 Å². The summed E-state index contributed by atoms with van der Waals surface area (Å²) < 4.78 is 6.35. The van der Waals surface area contributed by atoms with E-state index in [2.05, 4.69) is 19.8 Å². The summed E-state index contributed by atoms with van der Waals surface area (Å²) in [7, 11) is 0. The zero-order chi connectivity index (χ0) is 25.6. The molecule has 200 valence electrons. The van der Waals surface area contributed by atoms with Gasteiger partial charge in [-0.2, -0.15) is 0 Å². The highest BCUT2D eigenvalue weighted by Crippen LogP contribution is 2.67. The summed E-state index contributed by atoms with van der Waals surface area (Å²) in [6.07, 6.45) is 29.0. The minimum absolute atomic E-state index is 0.0776. The molecule has 4 aliphatic carbocycles. The van der Waals surface area contributed by atoms with Crippen LogP contribution in [-0.2, 0) is 14.3 Å². The van der Waals surface area contributed by atoms with Gasteiger partial charge in [0.2, 0.25) is 0 Å². The lowest BCUT2D eigenvalue weighted by Crippen LogP contribution is -2.55. The van der Waals surface area contributed by atoms with Crippen LogP contribution in [0.1, 0.15) is 136 Å². The summed E-state index contributed by atoms with van der Waals surface area (Å²) in [6.45, 7) is 4.53. The summed E-state index contributed by atoms with van der Waals surface area (Å²) in [4.78, 5) is 25.1. The fraction of sp³-hybridized carbons (Fsp3) is 0.818. The Morgan fingerprint density at radius 3 is 2.36 bits per heavy atom. The van der Waals surface area contributed by atoms with E-state index in [9.17, 15) is 9.59 Å². The van der Waals surface area contributed by atoms with E-state index in [0.717, 1.165) is 57.8 Å². The van der Waals surface area contributed by atoms with Crippen molar-refractivity contribution in [2.24, 2.45) is 29.1 Å². The van der Waals surface area contributed by atoms with E-state index in [4.69, 9.17) is 11.2 Å². The van der Waals surface area contributed by atoms with E-state index < -0.39 is 5.60 Å². The fourth-order valence-electron chi connectivity index (χ4n) is 8.94. The van der Waals surface area contributed by atoms with Gasteiger partial charge in [0, 0.05) is 18.3 Å². The van der Waals surface area contributed by atoms with Crippen molar-refractivity contribution in [3.8, 4) is 12.3 Å². The van der Waals surface area contributed by atoms with E-state index in [1.54, 1.807) is 0 Å². The van der Waals surface area contributed by atoms with Gasteiger partial charge in [0.15, 0.2) is 11.4 Å². The van der Waals surface area contributed by atoms with E-state index >= 15 is 0 Å². The lowest BCUT2D eigenvalue weighted by atomic mass is 9.49. The molecule has 3 saturated carbocycles. The van der Waals surface area contributed by atoms with Gasteiger partial charge in [-0.25, -0.2) is 0 Å². The molecule has 0 saturated heterocycles. The normalized spacial score (nSPS) is 35.2. The van der Waals surface area contributed by atoms with E-state index in [-0.39, 0.29) is 11.4 Å². The van der Waals surface area contributed by atoms with Crippen LogP contribution in [0, 0.1) is 41.4 Å². The number of unbranched alkanes of at least 4 members (excludes halogenated alkanes) is 8. The molecule has 0 bridgehead atoms. The van der Waals surface area contributed by atoms with Crippen LogP contribution in [0.4, 0.5) is 0 Å². The fourth-order valence-corrected chi connectivity index (χ4v) is 8.94. The van der Waals surface area contributed by atoms with E-state index in [1.165, 1.54) is 56.9 Å². The Bertz CT molecular complexity index is 849. The zero-order valence-corrected chi connectivity index (χ0v) is 23.1. The third-order valence-electron chi connectivity index (χ3n) is 10.8. The van der Waals surface area contributed by atoms with Crippen LogP contribution >= 0.6 is 0 Å². The van der Waals surface area contributed by atoms with Crippen molar-refractivity contribution in [1.82, 2.24) is 0 Å². The monoisotopic (exact) mass is 494 g/mol. The van der Waals surface area contributed by atoms with Gasteiger partial charge in [-0.1, -0.05) is 76.7 Å². The van der Waals surface area contributed by atoms with Gasteiger partial charge in [0.1, 0.15) is 0 Å². The molecule has 3 nitrogen and oxygen atoms in total. The first-order valence-electron chi connectivity index (χ1n) is 15.4. The molecule has 0 N–H and O–H groups in total. The summed E-state index contributed by atoms with van der Waals surface area (Å²) in [5.41, 5.74) is 0.611. The lowest BCUT2D eigenvalue weighted by molar-refractivity contribution is -0.173. The molecule has 3 fully saturated rings. The number of fused-ring (bicyclic) bond motifs is 5. The van der Waals surface area contributed by atoms with Crippen LogP contribution in [0.15, 0.2) is 11.6 Å². The second-order valence-corrected chi connectivity index (χ2v) is 12.4. The van der Waals surface area contributed by atoms with Crippen molar-refractivity contribution in [2.45, 2.75) is 141 Å². The molecule has 0 aliphatic heterocycles. The first kappa shape index (κ1) is 27.5. The number of allylic oxidation sites excluding steroid dienone is 1. The maximum Gasteiger partial charge on any atom is 0.307 e. The first-order chi connectivity index (χ1) is 17.5. The van der Waals surface area contributed by atoms with Crippen LogP contribution in [0.5, 0.6) is 0 Å². The van der Waals surface area contributed by atoms with Gasteiger partial charge >= 0.3 is 5.97 Å². The average molecular weight is 495 g/mol. The Morgan fingerprint density at radius 1 is 0.944 bits per heavy atom. The van der Waals surface area contributed by atoms with Crippen molar-refractivity contribution in [1.29, 1.82) is 0 Å². The minimum Gasteiger partial charge on any atom is -0.445 e. The number of ether oxygens (including phenoxy) is 1. The highest BCUT2D eigenvalue weighted by atomic mass is 16.6. The number of carbonyl (C=O) groups excluding carboxylic acids is 2. The molecule has 6 atom stereocenters. The third-order valence-corrected chi connectivity index (χ3v) is 10.8. The Kier molecular flexibility index (Phi) is 9.40. The second-order valence-electron chi connectivity index (χ2n) is 12.4. The number of hydrogen-bond acceptors (Lipinski definition) is 3. The molecule has 0 aromatic heterocycles. The van der Waals surface area contributed by atoms with Crippen molar-refractivity contribution < 1.29 is 14.3 Å². The summed E-state index contributed by atoms with van der Waals surface area (Å²) in [5, 5.41) is 0. The van der Waals surface area contributed by atoms with Crippen molar-refractivity contribution in [3.63, 3.8) is 0 Å². The predicted molar refractivity (Wildman–Crippen MR) is 146 cm³/mol. The van der Waals surface area contributed by atoms with Crippen LogP contribution in [-0.4, -0.2) is 17.4 Å². The number of rotatable bonds is 12. The maximum absolute atomic E-state index is 13.0. The Morgan fingerprint density at radius 2 is 1.67 bits per heavy atom. The smallest absolute Gasteiger partial charge is 0.307 e. The predicted octanol–water partition coefficient (Wildman–Crippen LogP) is 8.35. The van der Waals surface area contributed by atoms with E-state index in [0.29, 0.717) is 42.3 Å². The van der Waals surface area contributed by atoms with Gasteiger partial charge in [-0.3, -0.25) is 9.59 Å². The van der Waals surface area contributed by atoms with Gasteiger partial charge in [-0.05, 0) is 87.5 Å².